The fourth-order valence-electron chi connectivity index (χ4n) is 3.34. The summed E-state index contributed by atoms with van der Waals surface area (Å²) in [7, 11) is 0. The van der Waals surface area contributed by atoms with Gasteiger partial charge >= 0.3 is 0 Å². The van der Waals surface area contributed by atoms with Gasteiger partial charge in [-0.3, -0.25) is 0 Å². The lowest BCUT2D eigenvalue weighted by atomic mass is 9.78. The van der Waals surface area contributed by atoms with Gasteiger partial charge in [0.15, 0.2) is 0 Å². The summed E-state index contributed by atoms with van der Waals surface area (Å²) in [5, 5.41) is 3.61. The Balaban J connectivity index is 2.03. The van der Waals surface area contributed by atoms with Gasteiger partial charge in [-0.1, -0.05) is 26.7 Å². The zero-order chi connectivity index (χ0) is 13.5. The van der Waals surface area contributed by atoms with Gasteiger partial charge in [-0.25, -0.2) is 4.98 Å². The number of nitrogens with zero attached hydrogens (tertiary/aromatic N) is 2. The molecule has 2 rings (SSSR count). The van der Waals surface area contributed by atoms with Crippen molar-refractivity contribution in [3.05, 3.63) is 18.2 Å². The Morgan fingerprint density at radius 2 is 2.11 bits per heavy atom. The Labute approximate surface area is 117 Å². The summed E-state index contributed by atoms with van der Waals surface area (Å²) in [4.78, 5) is 4.67. The minimum Gasteiger partial charge on any atom is -0.335 e. The molecule has 1 saturated carbocycles. The van der Waals surface area contributed by atoms with Crippen molar-refractivity contribution >= 4 is 0 Å². The molecule has 0 amide bonds. The Kier molecular flexibility index (Phi) is 5.90. The van der Waals surface area contributed by atoms with Gasteiger partial charge in [-0.05, 0) is 44.7 Å². The van der Waals surface area contributed by atoms with Gasteiger partial charge < -0.3 is 9.88 Å². The van der Waals surface area contributed by atoms with E-state index in [2.05, 4.69) is 34.9 Å². The largest absolute Gasteiger partial charge is 0.335 e. The summed E-state index contributed by atoms with van der Waals surface area (Å²) < 4.78 is 2.38. The van der Waals surface area contributed by atoms with Crippen LogP contribution in [-0.2, 0) is 6.54 Å². The van der Waals surface area contributed by atoms with Crippen molar-refractivity contribution in [1.82, 2.24) is 14.9 Å². The first-order chi connectivity index (χ1) is 9.36. The van der Waals surface area contributed by atoms with E-state index in [1.165, 1.54) is 44.3 Å². The van der Waals surface area contributed by atoms with E-state index in [9.17, 15) is 0 Å². The molecule has 1 fully saturated rings. The van der Waals surface area contributed by atoms with E-state index in [4.69, 9.17) is 0 Å². The predicted octanol–water partition coefficient (Wildman–Crippen LogP) is 3.57. The number of rotatable bonds is 7. The highest BCUT2D eigenvalue weighted by atomic mass is 15.1. The number of hydrogen-bond acceptors (Lipinski definition) is 2. The maximum atomic E-state index is 4.67. The molecule has 1 aliphatic rings. The topological polar surface area (TPSA) is 29.9 Å². The van der Waals surface area contributed by atoms with Crippen molar-refractivity contribution in [3.8, 4) is 0 Å². The van der Waals surface area contributed by atoms with Gasteiger partial charge in [-0.2, -0.15) is 0 Å². The third-order valence-electron chi connectivity index (χ3n) is 4.29. The van der Waals surface area contributed by atoms with E-state index in [1.54, 1.807) is 0 Å². The summed E-state index contributed by atoms with van der Waals surface area (Å²) in [5.41, 5.74) is 0. The zero-order valence-electron chi connectivity index (χ0n) is 12.6. The molecule has 1 aromatic rings. The van der Waals surface area contributed by atoms with Crippen LogP contribution in [0.5, 0.6) is 0 Å². The summed E-state index contributed by atoms with van der Waals surface area (Å²) in [6, 6.07) is 0. The molecule has 1 heterocycles. The zero-order valence-corrected chi connectivity index (χ0v) is 12.6. The van der Waals surface area contributed by atoms with Crippen LogP contribution in [0.3, 0.4) is 0 Å². The number of hydrogen-bond donors (Lipinski definition) is 1. The lowest BCUT2D eigenvalue weighted by molar-refractivity contribution is 0.281. The highest BCUT2D eigenvalue weighted by Gasteiger charge is 2.29. The molecule has 108 valence electrons. The summed E-state index contributed by atoms with van der Waals surface area (Å²) in [6.07, 6.45) is 12.0. The summed E-state index contributed by atoms with van der Waals surface area (Å²) in [6.45, 7) is 7.90. The van der Waals surface area contributed by atoms with Gasteiger partial charge in [0, 0.05) is 24.9 Å². The highest BCUT2D eigenvalue weighted by molar-refractivity contribution is 5.04. The van der Waals surface area contributed by atoms with E-state index in [0.717, 1.165) is 25.6 Å². The number of aromatic nitrogens is 2. The van der Waals surface area contributed by atoms with E-state index in [1.807, 2.05) is 6.20 Å². The Bertz CT molecular complexity index is 359. The fourth-order valence-corrected chi connectivity index (χ4v) is 3.34. The van der Waals surface area contributed by atoms with E-state index in [-0.39, 0.29) is 0 Å². The Morgan fingerprint density at radius 3 is 2.89 bits per heavy atom. The number of imidazole rings is 1. The van der Waals surface area contributed by atoms with Crippen molar-refractivity contribution in [1.29, 1.82) is 0 Å². The molecule has 0 spiro atoms. The van der Waals surface area contributed by atoms with Crippen molar-refractivity contribution < 1.29 is 0 Å². The molecule has 0 aromatic carbocycles. The number of nitrogens with one attached hydrogen (secondary N) is 1. The van der Waals surface area contributed by atoms with Crippen LogP contribution in [-0.4, -0.2) is 22.6 Å². The van der Waals surface area contributed by atoms with Crippen LogP contribution < -0.4 is 5.32 Å². The average molecular weight is 263 g/mol. The molecule has 3 heteroatoms. The minimum absolute atomic E-state index is 0.666. The van der Waals surface area contributed by atoms with Gasteiger partial charge in [-0.15, -0.1) is 0 Å². The molecule has 1 aliphatic carbocycles. The maximum Gasteiger partial charge on any atom is 0.112 e. The fraction of sp³-hybridized carbons (Fsp3) is 0.812. The molecule has 0 saturated heterocycles. The smallest absolute Gasteiger partial charge is 0.112 e. The molecule has 1 aromatic heterocycles. The monoisotopic (exact) mass is 263 g/mol. The normalized spacial score (nSPS) is 23.7. The van der Waals surface area contributed by atoms with Crippen LogP contribution in [0, 0.1) is 5.92 Å². The summed E-state index contributed by atoms with van der Waals surface area (Å²) in [5.74, 6) is 2.78. The molecule has 1 N–H and O–H groups in total. The van der Waals surface area contributed by atoms with Gasteiger partial charge in [0.05, 0.1) is 0 Å². The third-order valence-corrected chi connectivity index (χ3v) is 4.29. The van der Waals surface area contributed by atoms with E-state index in [0.29, 0.717) is 5.92 Å². The molecule has 0 radical (unpaired) electrons. The lowest BCUT2D eigenvalue weighted by Crippen LogP contribution is -2.31. The van der Waals surface area contributed by atoms with Crippen LogP contribution in [0.25, 0.3) is 0 Å². The van der Waals surface area contributed by atoms with Crippen molar-refractivity contribution in [3.63, 3.8) is 0 Å². The Morgan fingerprint density at radius 1 is 1.26 bits per heavy atom. The van der Waals surface area contributed by atoms with Crippen LogP contribution >= 0.6 is 0 Å². The van der Waals surface area contributed by atoms with Gasteiger partial charge in [0.2, 0.25) is 0 Å². The third kappa shape index (κ3) is 3.82. The van der Waals surface area contributed by atoms with Crippen molar-refractivity contribution in [2.24, 2.45) is 5.92 Å². The highest BCUT2D eigenvalue weighted by Crippen LogP contribution is 2.36. The SMILES string of the molecule is CCCNCC1CCCCC1c1nccn1CCC. The lowest BCUT2D eigenvalue weighted by Gasteiger charge is -2.31. The van der Waals surface area contributed by atoms with Crippen LogP contribution in [0.4, 0.5) is 0 Å². The molecule has 0 bridgehead atoms. The average Bonchev–Trinajstić information content (AvgIpc) is 2.88. The second-order valence-corrected chi connectivity index (χ2v) is 5.83. The molecule has 0 aliphatic heterocycles. The molecule has 3 nitrogen and oxygen atoms in total. The van der Waals surface area contributed by atoms with Gasteiger partial charge in [0.25, 0.3) is 0 Å². The first-order valence-corrected chi connectivity index (χ1v) is 8.08. The van der Waals surface area contributed by atoms with Gasteiger partial charge in [0.1, 0.15) is 5.82 Å². The number of aryl methyl sites for hydroxylation is 1. The minimum atomic E-state index is 0.666. The predicted molar refractivity (Wildman–Crippen MR) is 80.4 cm³/mol. The molecule has 19 heavy (non-hydrogen) atoms. The molecule has 2 atom stereocenters. The van der Waals surface area contributed by atoms with E-state index < -0.39 is 0 Å². The van der Waals surface area contributed by atoms with Crippen LogP contribution in [0.1, 0.15) is 64.1 Å². The maximum absolute atomic E-state index is 4.67. The summed E-state index contributed by atoms with van der Waals surface area (Å²) >= 11 is 0. The first kappa shape index (κ1) is 14.6. The molecule has 2 unspecified atom stereocenters. The van der Waals surface area contributed by atoms with Crippen LogP contribution in [0.15, 0.2) is 12.4 Å². The second kappa shape index (κ2) is 7.68. The van der Waals surface area contributed by atoms with Crippen molar-refractivity contribution in [2.45, 2.75) is 64.8 Å². The molecular formula is C16H29N3. The standard InChI is InChI=1S/C16H29N3/c1-3-9-17-13-14-7-5-6-8-15(14)16-18-10-12-19(16)11-4-2/h10,12,14-15,17H,3-9,11,13H2,1-2H3. The van der Waals surface area contributed by atoms with Crippen molar-refractivity contribution in [2.75, 3.05) is 13.1 Å². The first-order valence-electron chi connectivity index (χ1n) is 8.08. The Hall–Kier alpha value is -0.830. The molecular weight excluding hydrogens is 234 g/mol. The quantitative estimate of drug-likeness (QED) is 0.762. The second-order valence-electron chi connectivity index (χ2n) is 5.83. The van der Waals surface area contributed by atoms with Crippen LogP contribution in [0.2, 0.25) is 0 Å². The van der Waals surface area contributed by atoms with E-state index >= 15 is 0 Å².